The summed E-state index contributed by atoms with van der Waals surface area (Å²) in [5.41, 5.74) is 3.38. The van der Waals surface area contributed by atoms with Crippen molar-refractivity contribution in [2.24, 2.45) is 0 Å². The van der Waals surface area contributed by atoms with Crippen molar-refractivity contribution in [3.63, 3.8) is 0 Å². The fourth-order valence-corrected chi connectivity index (χ4v) is 4.44. The fourth-order valence-electron chi connectivity index (χ4n) is 4.44. The Balaban J connectivity index is 1.64. The minimum atomic E-state index is -0.238. The Labute approximate surface area is 233 Å². The number of nitriles is 1. The minimum absolute atomic E-state index is 0.0956. The Morgan fingerprint density at radius 3 is 2.38 bits per heavy atom. The minimum Gasteiger partial charge on any atom is -0.494 e. The van der Waals surface area contributed by atoms with Crippen LogP contribution in [0.2, 0.25) is 0 Å². The third-order valence-corrected chi connectivity index (χ3v) is 6.37. The van der Waals surface area contributed by atoms with Gasteiger partial charge in [-0.15, -0.1) is 0 Å². The van der Waals surface area contributed by atoms with Crippen LogP contribution in [0.25, 0.3) is 11.2 Å². The molecule has 0 radical (unpaired) electrons. The van der Waals surface area contributed by atoms with Crippen molar-refractivity contribution in [3.8, 4) is 35.2 Å². The zero-order valence-electron chi connectivity index (χ0n) is 23.3. The van der Waals surface area contributed by atoms with Gasteiger partial charge < -0.3 is 18.8 Å². The molecule has 0 bridgehead atoms. The van der Waals surface area contributed by atoms with Gasteiger partial charge in [-0.05, 0) is 49.1 Å². The second-order valence-electron chi connectivity index (χ2n) is 10.4. The van der Waals surface area contributed by atoms with E-state index in [9.17, 15) is 5.26 Å². The van der Waals surface area contributed by atoms with Crippen molar-refractivity contribution in [3.05, 3.63) is 95.3 Å². The van der Waals surface area contributed by atoms with Gasteiger partial charge in [-0.25, -0.2) is 4.98 Å². The van der Waals surface area contributed by atoms with Crippen LogP contribution >= 0.6 is 0 Å². The molecular formula is C32H31N5O3. The molecule has 3 aromatic carbocycles. The van der Waals surface area contributed by atoms with Crippen molar-refractivity contribution in [1.29, 1.82) is 5.26 Å². The molecule has 2 aromatic heterocycles. The van der Waals surface area contributed by atoms with Gasteiger partial charge in [0.25, 0.3) is 5.88 Å². The molecule has 8 nitrogen and oxygen atoms in total. The topological polar surface area (TPSA) is 95.1 Å². The monoisotopic (exact) mass is 533 g/mol. The number of aryl methyl sites for hydroxylation is 1. The number of hydrogen-bond acceptors (Lipinski definition) is 7. The summed E-state index contributed by atoms with van der Waals surface area (Å²) >= 11 is 0. The third kappa shape index (κ3) is 5.74. The van der Waals surface area contributed by atoms with Gasteiger partial charge in [-0.2, -0.15) is 15.2 Å². The molecule has 2 heterocycles. The lowest BCUT2D eigenvalue weighted by Crippen LogP contribution is -2.13. The smallest absolute Gasteiger partial charge is 0.327 e. The van der Waals surface area contributed by atoms with E-state index in [0.29, 0.717) is 47.1 Å². The van der Waals surface area contributed by atoms with Crippen LogP contribution in [0.4, 0.5) is 0 Å². The molecule has 0 amide bonds. The summed E-state index contributed by atoms with van der Waals surface area (Å²) in [4.78, 5) is 14.2. The Morgan fingerprint density at radius 1 is 0.875 bits per heavy atom. The van der Waals surface area contributed by atoms with Crippen molar-refractivity contribution < 1.29 is 14.2 Å². The second-order valence-corrected chi connectivity index (χ2v) is 10.4. The largest absolute Gasteiger partial charge is 0.494 e. The number of nitrogens with zero attached hydrogens (tertiary/aromatic N) is 5. The molecule has 0 saturated carbocycles. The molecule has 0 N–H and O–H groups in total. The molecule has 40 heavy (non-hydrogen) atoms. The highest BCUT2D eigenvalue weighted by atomic mass is 16.5. The van der Waals surface area contributed by atoms with Gasteiger partial charge in [0.1, 0.15) is 23.1 Å². The fraction of sp³-hybridized carbons (Fsp3) is 0.250. The molecule has 0 aliphatic heterocycles. The van der Waals surface area contributed by atoms with E-state index in [4.69, 9.17) is 24.2 Å². The Morgan fingerprint density at radius 2 is 1.65 bits per heavy atom. The van der Waals surface area contributed by atoms with Crippen molar-refractivity contribution in [2.75, 3.05) is 6.61 Å². The van der Waals surface area contributed by atoms with Gasteiger partial charge in [-0.3, -0.25) is 0 Å². The number of benzene rings is 3. The van der Waals surface area contributed by atoms with Crippen LogP contribution in [0, 0.1) is 18.3 Å². The van der Waals surface area contributed by atoms with E-state index in [-0.39, 0.29) is 17.3 Å². The van der Waals surface area contributed by atoms with E-state index in [0.717, 1.165) is 17.0 Å². The molecule has 0 spiro atoms. The van der Waals surface area contributed by atoms with Crippen LogP contribution in [0.15, 0.2) is 72.8 Å². The molecule has 0 saturated heterocycles. The van der Waals surface area contributed by atoms with E-state index in [1.54, 1.807) is 18.2 Å². The molecule has 8 heteroatoms. The third-order valence-electron chi connectivity index (χ3n) is 6.37. The molecule has 0 aliphatic carbocycles. The van der Waals surface area contributed by atoms with Crippen LogP contribution in [-0.4, -0.2) is 26.1 Å². The zero-order valence-corrected chi connectivity index (χ0v) is 23.3. The molecule has 0 atom stereocenters. The van der Waals surface area contributed by atoms with Gasteiger partial charge in [0.15, 0.2) is 11.2 Å². The summed E-state index contributed by atoms with van der Waals surface area (Å²) in [5.74, 6) is 2.78. The van der Waals surface area contributed by atoms with E-state index in [2.05, 4.69) is 44.0 Å². The number of aromatic nitrogens is 4. The van der Waals surface area contributed by atoms with Gasteiger partial charge >= 0.3 is 6.01 Å². The lowest BCUT2D eigenvalue weighted by molar-refractivity contribution is 0.337. The van der Waals surface area contributed by atoms with Gasteiger partial charge in [0, 0.05) is 11.6 Å². The average Bonchev–Trinajstić information content (AvgIpc) is 3.24. The van der Waals surface area contributed by atoms with Crippen LogP contribution in [0.3, 0.4) is 0 Å². The van der Waals surface area contributed by atoms with Gasteiger partial charge in [-0.1, -0.05) is 63.2 Å². The van der Waals surface area contributed by atoms with E-state index < -0.39 is 0 Å². The van der Waals surface area contributed by atoms with Crippen LogP contribution in [-0.2, 0) is 12.0 Å². The highest BCUT2D eigenvalue weighted by Crippen LogP contribution is 2.36. The first kappa shape index (κ1) is 26.7. The first-order valence-corrected chi connectivity index (χ1v) is 13.2. The quantitative estimate of drug-likeness (QED) is 0.206. The van der Waals surface area contributed by atoms with Gasteiger partial charge in [0.05, 0.1) is 24.8 Å². The molecule has 202 valence electrons. The summed E-state index contributed by atoms with van der Waals surface area (Å²) in [7, 11) is 0. The van der Waals surface area contributed by atoms with Crippen molar-refractivity contribution in [1.82, 2.24) is 19.5 Å². The van der Waals surface area contributed by atoms with Crippen LogP contribution < -0.4 is 14.2 Å². The lowest BCUT2D eigenvalue weighted by Gasteiger charge is -2.22. The summed E-state index contributed by atoms with van der Waals surface area (Å²) in [6.07, 6.45) is 0. The van der Waals surface area contributed by atoms with E-state index in [1.165, 1.54) is 0 Å². The normalized spacial score (nSPS) is 11.3. The number of imidazole rings is 1. The Hall–Kier alpha value is -4.90. The first-order valence-electron chi connectivity index (χ1n) is 13.2. The molecule has 0 fully saturated rings. The van der Waals surface area contributed by atoms with Gasteiger partial charge in [0.2, 0.25) is 0 Å². The van der Waals surface area contributed by atoms with Crippen LogP contribution in [0.5, 0.6) is 29.1 Å². The SMILES string of the molecule is CCOc1cccc(Oc2nc(Oc3cc(C#N)ccc3C(C)(C)C)nc3c2nc(C)n3Cc2ccccc2)c1. The predicted molar refractivity (Wildman–Crippen MR) is 153 cm³/mol. The molecular weight excluding hydrogens is 502 g/mol. The Bertz CT molecular complexity index is 1700. The van der Waals surface area contributed by atoms with E-state index >= 15 is 0 Å². The van der Waals surface area contributed by atoms with Crippen LogP contribution in [0.1, 0.15) is 50.2 Å². The highest BCUT2D eigenvalue weighted by molar-refractivity contribution is 5.78. The molecule has 5 rings (SSSR count). The summed E-state index contributed by atoms with van der Waals surface area (Å²) in [6.45, 7) is 11.2. The summed E-state index contributed by atoms with van der Waals surface area (Å²) in [5, 5.41) is 9.53. The maximum Gasteiger partial charge on any atom is 0.327 e. The van der Waals surface area contributed by atoms with Crippen molar-refractivity contribution >= 4 is 11.2 Å². The number of fused-ring (bicyclic) bond motifs is 1. The first-order chi connectivity index (χ1) is 19.2. The highest BCUT2D eigenvalue weighted by Gasteiger charge is 2.23. The lowest BCUT2D eigenvalue weighted by atomic mass is 9.86. The molecule has 0 aliphatic rings. The van der Waals surface area contributed by atoms with E-state index in [1.807, 2.05) is 60.9 Å². The standard InChI is InChI=1S/C32H31N5O3/c1-6-38-24-13-10-14-25(18-24)39-30-28-29(37(21(2)34-28)20-22-11-8-7-9-12-22)35-31(36-30)40-27-17-23(19-33)15-16-26(27)32(3,4)5/h7-18H,6,20H2,1-5H3. The maximum atomic E-state index is 9.53. The Kier molecular flexibility index (Phi) is 7.39. The second kappa shape index (κ2) is 11.1. The number of rotatable bonds is 8. The predicted octanol–water partition coefficient (Wildman–Crippen LogP) is 7.34. The molecule has 0 unspecified atom stereocenters. The average molecular weight is 534 g/mol. The number of ether oxygens (including phenoxy) is 3. The maximum absolute atomic E-state index is 9.53. The molecule has 5 aromatic rings. The van der Waals surface area contributed by atoms with Crippen molar-refractivity contribution in [2.45, 2.75) is 46.6 Å². The summed E-state index contributed by atoms with van der Waals surface area (Å²) < 4.78 is 20.3. The summed E-state index contributed by atoms with van der Waals surface area (Å²) in [6, 6.07) is 25.2. The zero-order chi connectivity index (χ0) is 28.3. The number of hydrogen-bond donors (Lipinski definition) is 0.